The molecule has 0 saturated heterocycles. The number of amides is 2. The van der Waals surface area contributed by atoms with Crippen LogP contribution in [-0.4, -0.2) is 31.1 Å². The van der Waals surface area contributed by atoms with Gasteiger partial charge in [-0.25, -0.2) is 0 Å². The lowest BCUT2D eigenvalue weighted by Crippen LogP contribution is -2.30. The van der Waals surface area contributed by atoms with E-state index in [1.54, 1.807) is 6.92 Å². The van der Waals surface area contributed by atoms with Crippen LogP contribution in [0.1, 0.15) is 6.92 Å². The maximum absolute atomic E-state index is 10.9. The van der Waals surface area contributed by atoms with Crippen LogP contribution in [0, 0.1) is 0 Å². The lowest BCUT2D eigenvalue weighted by atomic mass is 9.96. The van der Waals surface area contributed by atoms with E-state index in [9.17, 15) is 9.59 Å². The Hall–Kier alpha value is -1.06. The molecular formula is C6H6BNO2. The minimum Gasteiger partial charge on any atom is -0.276 e. The molecule has 0 aromatic heterocycles. The van der Waals surface area contributed by atoms with Crippen molar-refractivity contribution in [3.05, 3.63) is 11.5 Å². The maximum atomic E-state index is 10.9. The van der Waals surface area contributed by atoms with Gasteiger partial charge in [0, 0.05) is 12.6 Å². The molecule has 0 bridgehead atoms. The van der Waals surface area contributed by atoms with Gasteiger partial charge in [0.2, 0.25) is 5.91 Å². The summed E-state index contributed by atoms with van der Waals surface area (Å²) in [6.07, 6.45) is 1.14. The van der Waals surface area contributed by atoms with Gasteiger partial charge in [0.05, 0.1) is 0 Å². The second-order valence-electron chi connectivity index (χ2n) is 1.99. The monoisotopic (exact) mass is 135 g/mol. The zero-order valence-electron chi connectivity index (χ0n) is 5.63. The van der Waals surface area contributed by atoms with Crippen LogP contribution in [0.4, 0.5) is 0 Å². The second kappa shape index (κ2) is 2.29. The van der Waals surface area contributed by atoms with Gasteiger partial charge in [0.15, 0.2) is 0 Å². The summed E-state index contributed by atoms with van der Waals surface area (Å²) in [5, 5.41) is 0. The van der Waals surface area contributed by atoms with Gasteiger partial charge in [0.1, 0.15) is 7.85 Å². The van der Waals surface area contributed by atoms with Crippen molar-refractivity contribution in [1.82, 2.24) is 4.90 Å². The summed E-state index contributed by atoms with van der Waals surface area (Å²) in [5.41, 5.74) is 0.0341. The third-order valence-corrected chi connectivity index (χ3v) is 1.35. The summed E-state index contributed by atoms with van der Waals surface area (Å²) in [6.45, 7) is 2.11. The zero-order valence-corrected chi connectivity index (χ0v) is 5.63. The molecule has 1 aliphatic rings. The molecule has 50 valence electrons. The van der Waals surface area contributed by atoms with Crippen LogP contribution in [0.5, 0.6) is 0 Å². The molecule has 0 aromatic rings. The van der Waals surface area contributed by atoms with Crippen molar-refractivity contribution in [3.8, 4) is 0 Å². The Morgan fingerprint density at radius 1 is 1.60 bits per heavy atom. The molecule has 0 aliphatic carbocycles. The number of nitrogens with zero attached hydrogens (tertiary/aromatic N) is 1. The van der Waals surface area contributed by atoms with Crippen LogP contribution >= 0.6 is 0 Å². The van der Waals surface area contributed by atoms with Crippen LogP contribution in [0.15, 0.2) is 11.5 Å². The number of likely N-dealkylation sites (N-methyl/N-ethyl adjacent to an activating group) is 1. The van der Waals surface area contributed by atoms with E-state index in [1.807, 2.05) is 0 Å². The Morgan fingerprint density at radius 3 is 2.40 bits per heavy atom. The summed E-state index contributed by atoms with van der Waals surface area (Å²) >= 11 is 0. The number of hydrogen-bond acceptors (Lipinski definition) is 2. The van der Waals surface area contributed by atoms with Crippen molar-refractivity contribution in [1.29, 1.82) is 0 Å². The van der Waals surface area contributed by atoms with Crippen molar-refractivity contribution in [2.45, 2.75) is 6.92 Å². The minimum atomic E-state index is -0.382. The molecule has 0 N–H and O–H groups in total. The number of imide groups is 1. The molecule has 10 heavy (non-hydrogen) atoms. The van der Waals surface area contributed by atoms with Gasteiger partial charge in [-0.3, -0.25) is 14.5 Å². The van der Waals surface area contributed by atoms with E-state index in [0.717, 1.165) is 11.0 Å². The highest BCUT2D eigenvalue weighted by atomic mass is 16.2. The fourth-order valence-corrected chi connectivity index (χ4v) is 0.828. The predicted octanol–water partition coefficient (Wildman–Crippen LogP) is -0.573. The van der Waals surface area contributed by atoms with Crippen molar-refractivity contribution in [2.24, 2.45) is 0 Å². The third kappa shape index (κ3) is 0.855. The molecule has 0 saturated carbocycles. The fourth-order valence-electron chi connectivity index (χ4n) is 0.828. The van der Waals surface area contributed by atoms with Crippen LogP contribution < -0.4 is 0 Å². The van der Waals surface area contributed by atoms with Crippen molar-refractivity contribution < 1.29 is 9.59 Å². The van der Waals surface area contributed by atoms with E-state index in [0.29, 0.717) is 6.54 Å². The minimum absolute atomic E-state index is 0.0341. The van der Waals surface area contributed by atoms with E-state index in [1.165, 1.54) is 0 Å². The predicted molar refractivity (Wildman–Crippen MR) is 36.2 cm³/mol. The third-order valence-electron chi connectivity index (χ3n) is 1.35. The van der Waals surface area contributed by atoms with Crippen LogP contribution in [-0.2, 0) is 9.59 Å². The first-order valence-corrected chi connectivity index (χ1v) is 2.99. The molecule has 0 atom stereocenters. The average Bonchev–Trinajstić information content (AvgIpc) is 2.09. The molecule has 2 amide bonds. The molecule has 0 aromatic carbocycles. The number of rotatable bonds is 1. The molecule has 0 fully saturated rings. The summed E-state index contributed by atoms with van der Waals surface area (Å²) in [5.74, 6) is -0.697. The Balaban J connectivity index is 2.87. The van der Waals surface area contributed by atoms with Crippen molar-refractivity contribution in [3.63, 3.8) is 0 Å². The first-order valence-electron chi connectivity index (χ1n) is 2.99. The number of carbonyl (C=O) groups excluding carboxylic acids is 2. The fraction of sp³-hybridized carbons (Fsp3) is 0.333. The van der Waals surface area contributed by atoms with Crippen molar-refractivity contribution in [2.75, 3.05) is 6.54 Å². The smallest absolute Gasteiger partial charge is 0.252 e. The van der Waals surface area contributed by atoms with E-state index < -0.39 is 0 Å². The quantitative estimate of drug-likeness (QED) is 0.356. The Bertz CT molecular complexity index is 222. The highest BCUT2D eigenvalue weighted by Crippen LogP contribution is 2.07. The van der Waals surface area contributed by atoms with Gasteiger partial charge < -0.3 is 0 Å². The SMILES string of the molecule is [B]C1=CC(=O)N(CC)C1=O. The van der Waals surface area contributed by atoms with Gasteiger partial charge in [-0.2, -0.15) is 0 Å². The van der Waals surface area contributed by atoms with Gasteiger partial charge in [-0.05, 0) is 12.4 Å². The number of hydrogen-bond donors (Lipinski definition) is 0. The molecule has 0 spiro atoms. The van der Waals surface area contributed by atoms with Gasteiger partial charge in [-0.1, -0.05) is 0 Å². The first-order chi connectivity index (χ1) is 4.66. The molecular weight excluding hydrogens is 129 g/mol. The summed E-state index contributed by atoms with van der Waals surface area (Å²) in [6, 6.07) is 0. The molecule has 4 heteroatoms. The van der Waals surface area contributed by atoms with Gasteiger partial charge in [0.25, 0.3) is 5.91 Å². The Morgan fingerprint density at radius 2 is 2.20 bits per heavy atom. The van der Waals surface area contributed by atoms with Crippen molar-refractivity contribution >= 4 is 19.7 Å². The van der Waals surface area contributed by atoms with Gasteiger partial charge >= 0.3 is 0 Å². The molecule has 1 aliphatic heterocycles. The summed E-state index contributed by atoms with van der Waals surface area (Å²) in [4.78, 5) is 22.7. The molecule has 1 rings (SSSR count). The highest BCUT2D eigenvalue weighted by Gasteiger charge is 2.25. The highest BCUT2D eigenvalue weighted by molar-refractivity contribution is 6.42. The normalized spacial score (nSPS) is 18.1. The van der Waals surface area contributed by atoms with E-state index >= 15 is 0 Å². The van der Waals surface area contributed by atoms with Gasteiger partial charge in [-0.15, -0.1) is 0 Å². The largest absolute Gasteiger partial charge is 0.276 e. The Kier molecular flexibility index (Phi) is 1.61. The lowest BCUT2D eigenvalue weighted by molar-refractivity contribution is -0.136. The first kappa shape index (κ1) is 7.06. The standard InChI is InChI=1S/C6H6BNO2/c1-2-8-5(9)3-4(7)6(8)10/h3H,2H2,1H3. The average molecular weight is 135 g/mol. The second-order valence-corrected chi connectivity index (χ2v) is 1.99. The van der Waals surface area contributed by atoms with Crippen LogP contribution in [0.3, 0.4) is 0 Å². The van der Waals surface area contributed by atoms with E-state index in [-0.39, 0.29) is 17.3 Å². The Labute approximate surface area is 60.1 Å². The lowest BCUT2D eigenvalue weighted by Gasteiger charge is -2.09. The number of carbonyl (C=O) groups is 2. The topological polar surface area (TPSA) is 37.4 Å². The van der Waals surface area contributed by atoms with E-state index in [4.69, 9.17) is 7.85 Å². The molecule has 1 heterocycles. The maximum Gasteiger partial charge on any atom is 0.252 e. The van der Waals surface area contributed by atoms with E-state index in [2.05, 4.69) is 0 Å². The molecule has 3 nitrogen and oxygen atoms in total. The molecule has 2 radical (unpaired) electrons. The van der Waals surface area contributed by atoms with Crippen LogP contribution in [0.2, 0.25) is 0 Å². The zero-order chi connectivity index (χ0) is 7.72. The van der Waals surface area contributed by atoms with Crippen LogP contribution in [0.25, 0.3) is 0 Å². The summed E-state index contributed by atoms with van der Waals surface area (Å²) < 4.78 is 0. The molecule has 0 unspecified atom stereocenters. The summed E-state index contributed by atoms with van der Waals surface area (Å²) in [7, 11) is 5.18.